The molecule has 0 aromatic rings. The molecule has 0 radical (unpaired) electrons. The second kappa shape index (κ2) is 33.0. The Morgan fingerprint density at radius 2 is 0.800 bits per heavy atom. The fourth-order valence-electron chi connectivity index (χ4n) is 5.55. The molecule has 0 bridgehead atoms. The monoisotopic (exact) mass is 662 g/mol. The molecule has 0 aliphatic carbocycles. The zero-order valence-corrected chi connectivity index (χ0v) is 30.2. The first kappa shape index (κ1) is 44.0. The normalized spacial score (nSPS) is 12.4. The number of carbonyl (C=O) groups is 2. The van der Waals surface area contributed by atoms with Gasteiger partial charge in [0, 0.05) is 12.8 Å². The van der Waals surface area contributed by atoms with Gasteiger partial charge >= 0.3 is 19.8 Å². The SMILES string of the molecule is CCCCCCCCCCCCCCCCCCCCCC(=O)OC[C@H](COP(=O)(O)O)OC(=O)CCCCCCCCCC. The van der Waals surface area contributed by atoms with Crippen LogP contribution in [0.1, 0.15) is 200 Å². The highest BCUT2D eigenvalue weighted by atomic mass is 31.2. The molecule has 45 heavy (non-hydrogen) atoms. The van der Waals surface area contributed by atoms with E-state index in [-0.39, 0.29) is 19.4 Å². The summed E-state index contributed by atoms with van der Waals surface area (Å²) in [5.74, 6) is -0.877. The molecule has 0 aromatic heterocycles. The smallest absolute Gasteiger partial charge is 0.462 e. The number of phosphoric ester groups is 1. The van der Waals surface area contributed by atoms with E-state index in [4.69, 9.17) is 19.3 Å². The number of phosphoric acid groups is 1. The molecule has 0 amide bonds. The maximum atomic E-state index is 12.2. The number of carbonyl (C=O) groups excluding carboxylic acids is 2. The highest BCUT2D eigenvalue weighted by Crippen LogP contribution is 2.36. The van der Waals surface area contributed by atoms with Gasteiger partial charge in [0.2, 0.25) is 0 Å². The molecule has 0 aliphatic rings. The van der Waals surface area contributed by atoms with Gasteiger partial charge in [-0.15, -0.1) is 0 Å². The van der Waals surface area contributed by atoms with Crippen LogP contribution < -0.4 is 0 Å². The lowest BCUT2D eigenvalue weighted by atomic mass is 10.0. The van der Waals surface area contributed by atoms with E-state index >= 15 is 0 Å². The van der Waals surface area contributed by atoms with Crippen LogP contribution in [-0.4, -0.2) is 41.0 Å². The van der Waals surface area contributed by atoms with Gasteiger partial charge in [0.1, 0.15) is 6.61 Å². The van der Waals surface area contributed by atoms with Crippen LogP contribution in [0, 0.1) is 0 Å². The van der Waals surface area contributed by atoms with E-state index in [9.17, 15) is 14.2 Å². The van der Waals surface area contributed by atoms with Crippen LogP contribution in [0.25, 0.3) is 0 Å². The lowest BCUT2D eigenvalue weighted by Gasteiger charge is -2.18. The van der Waals surface area contributed by atoms with Crippen molar-refractivity contribution in [2.45, 2.75) is 206 Å². The van der Waals surface area contributed by atoms with Crippen molar-refractivity contribution in [2.24, 2.45) is 0 Å². The van der Waals surface area contributed by atoms with E-state index in [1.54, 1.807) is 0 Å². The molecule has 0 aromatic carbocycles. The number of unbranched alkanes of at least 4 members (excludes halogenated alkanes) is 25. The third-order valence-corrected chi connectivity index (χ3v) is 8.86. The highest BCUT2D eigenvalue weighted by Gasteiger charge is 2.22. The van der Waals surface area contributed by atoms with Gasteiger partial charge in [-0.3, -0.25) is 14.1 Å². The van der Waals surface area contributed by atoms with Crippen LogP contribution in [-0.2, 0) is 28.2 Å². The van der Waals surface area contributed by atoms with Gasteiger partial charge in [-0.2, -0.15) is 0 Å². The molecule has 0 fully saturated rings. The van der Waals surface area contributed by atoms with Crippen molar-refractivity contribution in [1.82, 2.24) is 0 Å². The van der Waals surface area contributed by atoms with Gasteiger partial charge in [0.05, 0.1) is 6.61 Å². The third-order valence-electron chi connectivity index (χ3n) is 8.38. The Hall–Kier alpha value is -0.950. The fourth-order valence-corrected chi connectivity index (χ4v) is 5.91. The topological polar surface area (TPSA) is 119 Å². The van der Waals surface area contributed by atoms with Gasteiger partial charge in [-0.05, 0) is 12.8 Å². The maximum absolute atomic E-state index is 12.2. The second-order valence-corrected chi connectivity index (χ2v) is 14.2. The van der Waals surface area contributed by atoms with Crippen molar-refractivity contribution in [3.8, 4) is 0 Å². The first-order valence-corrected chi connectivity index (χ1v) is 20.4. The van der Waals surface area contributed by atoms with Gasteiger partial charge in [0.15, 0.2) is 6.10 Å². The maximum Gasteiger partial charge on any atom is 0.469 e. The number of esters is 2. The van der Waals surface area contributed by atoms with Crippen molar-refractivity contribution < 1.29 is 37.9 Å². The van der Waals surface area contributed by atoms with Crippen LogP contribution in [0.3, 0.4) is 0 Å². The van der Waals surface area contributed by atoms with Crippen LogP contribution in [0.5, 0.6) is 0 Å². The van der Waals surface area contributed by atoms with Crippen LogP contribution in [0.2, 0.25) is 0 Å². The molecule has 9 heteroatoms. The van der Waals surface area contributed by atoms with Crippen molar-refractivity contribution in [2.75, 3.05) is 13.2 Å². The van der Waals surface area contributed by atoms with E-state index in [2.05, 4.69) is 18.4 Å². The van der Waals surface area contributed by atoms with Crippen LogP contribution >= 0.6 is 7.82 Å². The average Bonchev–Trinajstić information content (AvgIpc) is 3.00. The van der Waals surface area contributed by atoms with Gasteiger partial charge in [0.25, 0.3) is 0 Å². The van der Waals surface area contributed by atoms with Gasteiger partial charge in [-0.25, -0.2) is 4.57 Å². The summed E-state index contributed by atoms with van der Waals surface area (Å²) >= 11 is 0. The summed E-state index contributed by atoms with van der Waals surface area (Å²) in [4.78, 5) is 42.5. The molecule has 0 saturated carbocycles. The predicted molar refractivity (Wildman–Crippen MR) is 184 cm³/mol. The molecule has 268 valence electrons. The molecule has 2 N–H and O–H groups in total. The molecular weight excluding hydrogens is 591 g/mol. The fraction of sp³-hybridized carbons (Fsp3) is 0.944. The molecule has 0 saturated heterocycles. The first-order chi connectivity index (χ1) is 21.8. The largest absolute Gasteiger partial charge is 0.469 e. The lowest BCUT2D eigenvalue weighted by molar-refractivity contribution is -0.161. The summed E-state index contributed by atoms with van der Waals surface area (Å²) in [6, 6.07) is 0. The Labute approximate surface area is 276 Å². The summed E-state index contributed by atoms with van der Waals surface area (Å²) in [5, 5.41) is 0. The summed E-state index contributed by atoms with van der Waals surface area (Å²) in [5.41, 5.74) is 0. The van der Waals surface area contributed by atoms with Crippen molar-refractivity contribution in [3.05, 3.63) is 0 Å². The zero-order valence-electron chi connectivity index (χ0n) is 29.3. The molecular formula is C36H71O8P. The minimum Gasteiger partial charge on any atom is -0.462 e. The van der Waals surface area contributed by atoms with Crippen LogP contribution in [0.15, 0.2) is 0 Å². The Morgan fingerprint density at radius 3 is 1.13 bits per heavy atom. The highest BCUT2D eigenvalue weighted by molar-refractivity contribution is 7.46. The number of hydrogen-bond acceptors (Lipinski definition) is 6. The molecule has 0 rings (SSSR count). The number of rotatable bonds is 35. The quantitative estimate of drug-likeness (QED) is 0.0391. The molecule has 0 aliphatic heterocycles. The summed E-state index contributed by atoms with van der Waals surface area (Å²) in [7, 11) is -4.73. The minimum absolute atomic E-state index is 0.217. The van der Waals surface area contributed by atoms with Gasteiger partial charge < -0.3 is 19.3 Å². The Bertz CT molecular complexity index is 711. The summed E-state index contributed by atoms with van der Waals surface area (Å²) in [6.45, 7) is 3.65. The van der Waals surface area contributed by atoms with E-state index in [1.807, 2.05) is 0 Å². The number of hydrogen-bond donors (Lipinski definition) is 2. The summed E-state index contributed by atoms with van der Waals surface area (Å²) in [6.07, 6.45) is 32.7. The summed E-state index contributed by atoms with van der Waals surface area (Å²) < 4.78 is 26.2. The molecule has 0 spiro atoms. The second-order valence-electron chi connectivity index (χ2n) is 12.9. The van der Waals surface area contributed by atoms with E-state index in [0.717, 1.165) is 38.5 Å². The lowest BCUT2D eigenvalue weighted by Crippen LogP contribution is -2.29. The molecule has 0 unspecified atom stereocenters. The molecule has 0 heterocycles. The standard InChI is InChI=1S/C36H71O8P/c1-3-5-7-9-11-13-14-15-16-17-18-19-20-21-22-23-25-26-28-30-35(37)42-32-34(33-43-45(39,40)41)44-36(38)31-29-27-24-12-10-8-6-4-2/h34H,3-33H2,1-2H3,(H2,39,40,41)/t34-/m1/s1. The third kappa shape index (κ3) is 35.7. The van der Waals surface area contributed by atoms with Gasteiger partial charge in [-0.1, -0.05) is 174 Å². The van der Waals surface area contributed by atoms with Crippen molar-refractivity contribution >= 4 is 19.8 Å². The van der Waals surface area contributed by atoms with E-state index in [0.29, 0.717) is 6.42 Å². The minimum atomic E-state index is -4.73. The Kier molecular flexibility index (Phi) is 32.3. The van der Waals surface area contributed by atoms with E-state index in [1.165, 1.54) is 128 Å². The zero-order chi connectivity index (χ0) is 33.3. The number of ether oxygens (including phenoxy) is 2. The van der Waals surface area contributed by atoms with E-state index < -0.39 is 32.5 Å². The van der Waals surface area contributed by atoms with Crippen molar-refractivity contribution in [3.63, 3.8) is 0 Å². The molecule has 8 nitrogen and oxygen atoms in total. The molecule has 1 atom stereocenters. The van der Waals surface area contributed by atoms with Crippen LogP contribution in [0.4, 0.5) is 0 Å². The average molecular weight is 663 g/mol. The Balaban J connectivity index is 3.81. The Morgan fingerprint density at radius 1 is 0.489 bits per heavy atom. The first-order valence-electron chi connectivity index (χ1n) is 18.8. The predicted octanol–water partition coefficient (Wildman–Crippen LogP) is 10.9. The van der Waals surface area contributed by atoms with Crippen molar-refractivity contribution in [1.29, 1.82) is 0 Å².